The van der Waals surface area contributed by atoms with Gasteiger partial charge in [-0.15, -0.1) is 0 Å². The first-order chi connectivity index (χ1) is 9.79. The minimum Gasteiger partial charge on any atom is -0.272 e. The van der Waals surface area contributed by atoms with E-state index in [4.69, 9.17) is 0 Å². The van der Waals surface area contributed by atoms with E-state index in [1.807, 2.05) is 12.1 Å². The number of carbonyl (C=O) groups is 1. The van der Waals surface area contributed by atoms with Crippen LogP contribution in [0.4, 0.5) is 13.2 Å². The Morgan fingerprint density at radius 2 is 1.33 bits per heavy atom. The molecule has 0 spiro atoms. The van der Waals surface area contributed by atoms with Crippen molar-refractivity contribution in [3.05, 3.63) is 47.5 Å². The Balaban J connectivity index is 2.50. The van der Waals surface area contributed by atoms with Gasteiger partial charge in [-0.2, -0.15) is 13.2 Å². The summed E-state index contributed by atoms with van der Waals surface area (Å²) in [6, 6.07) is 10.4. The number of halogens is 3. The van der Waals surface area contributed by atoms with E-state index in [-0.39, 0.29) is 11.0 Å². The van der Waals surface area contributed by atoms with Gasteiger partial charge in [-0.1, -0.05) is 24.3 Å². The van der Waals surface area contributed by atoms with Gasteiger partial charge >= 0.3 is 12.1 Å². The number of aryl methyl sites for hydroxylation is 2. The number of aromatic nitrogens is 1. The molecule has 0 saturated heterocycles. The van der Waals surface area contributed by atoms with Gasteiger partial charge in [0.2, 0.25) is 0 Å². The second kappa shape index (κ2) is 4.35. The summed E-state index contributed by atoms with van der Waals surface area (Å²) in [5.74, 6) is -1.86. The van der Waals surface area contributed by atoms with Gasteiger partial charge in [0.15, 0.2) is 0 Å². The van der Waals surface area contributed by atoms with Crippen LogP contribution < -0.4 is 0 Å². The van der Waals surface area contributed by atoms with Crippen molar-refractivity contribution in [3.8, 4) is 0 Å². The molecule has 0 radical (unpaired) electrons. The number of benzene rings is 2. The van der Waals surface area contributed by atoms with Crippen molar-refractivity contribution in [2.75, 3.05) is 0 Å². The van der Waals surface area contributed by atoms with Crippen molar-refractivity contribution < 1.29 is 18.0 Å². The Labute approximate surface area is 118 Å². The van der Waals surface area contributed by atoms with Crippen LogP contribution in [0.5, 0.6) is 0 Å². The van der Waals surface area contributed by atoms with Crippen LogP contribution in [0.2, 0.25) is 0 Å². The molecule has 1 aromatic heterocycles. The summed E-state index contributed by atoms with van der Waals surface area (Å²) < 4.78 is 39.5. The molecule has 5 heteroatoms. The molecule has 0 saturated carbocycles. The van der Waals surface area contributed by atoms with Crippen molar-refractivity contribution in [2.45, 2.75) is 20.0 Å². The number of carbonyl (C=O) groups excluding carboxylic acids is 1. The van der Waals surface area contributed by atoms with Gasteiger partial charge in [-0.25, -0.2) is 0 Å². The minimum absolute atomic E-state index is 0.290. The van der Waals surface area contributed by atoms with Crippen molar-refractivity contribution in [2.24, 2.45) is 0 Å². The summed E-state index contributed by atoms with van der Waals surface area (Å²) in [5, 5.41) is 1.29. The highest BCUT2D eigenvalue weighted by atomic mass is 19.4. The topological polar surface area (TPSA) is 22.0 Å². The van der Waals surface area contributed by atoms with Crippen LogP contribution in [0.25, 0.3) is 21.8 Å². The minimum atomic E-state index is -4.91. The maximum Gasteiger partial charge on any atom is 0.472 e. The molecular formula is C16H12F3NO. The lowest BCUT2D eigenvalue weighted by Crippen LogP contribution is -2.28. The highest BCUT2D eigenvalue weighted by Crippen LogP contribution is 2.32. The van der Waals surface area contributed by atoms with Crippen LogP contribution >= 0.6 is 0 Å². The largest absolute Gasteiger partial charge is 0.472 e. The van der Waals surface area contributed by atoms with Gasteiger partial charge < -0.3 is 0 Å². The molecule has 21 heavy (non-hydrogen) atoms. The quantitative estimate of drug-likeness (QED) is 0.592. The normalized spacial score (nSPS) is 12.2. The van der Waals surface area contributed by atoms with Crippen molar-refractivity contribution >= 4 is 27.7 Å². The monoisotopic (exact) mass is 291 g/mol. The molecule has 2 nitrogen and oxygen atoms in total. The van der Waals surface area contributed by atoms with Gasteiger partial charge in [0, 0.05) is 10.8 Å². The molecule has 0 atom stereocenters. The van der Waals surface area contributed by atoms with E-state index in [0.717, 1.165) is 15.7 Å². The molecule has 1 heterocycles. The second-order valence-corrected chi connectivity index (χ2v) is 5.18. The molecule has 0 unspecified atom stereocenters. The molecule has 0 bridgehead atoms. The standard InChI is InChI=1S/C16H12F3NO/c1-9-3-5-11-12-6-4-10(2)8-14(12)20(13(11)7-9)15(21)16(17,18)19/h3-8H,1-2H3. The fraction of sp³-hybridized carbons (Fsp3) is 0.188. The number of nitrogens with zero attached hydrogens (tertiary/aromatic N) is 1. The lowest BCUT2D eigenvalue weighted by Gasteiger charge is -2.09. The van der Waals surface area contributed by atoms with Gasteiger partial charge in [-0.05, 0) is 37.1 Å². The third-order valence-electron chi connectivity index (χ3n) is 3.52. The van der Waals surface area contributed by atoms with E-state index in [9.17, 15) is 18.0 Å². The molecule has 0 aliphatic carbocycles. The van der Waals surface area contributed by atoms with E-state index < -0.39 is 12.1 Å². The highest BCUT2D eigenvalue weighted by Gasteiger charge is 2.41. The number of hydrogen-bond donors (Lipinski definition) is 0. The number of rotatable bonds is 0. The van der Waals surface area contributed by atoms with E-state index >= 15 is 0 Å². The molecule has 3 aromatic rings. The Hall–Kier alpha value is -2.30. The number of hydrogen-bond acceptors (Lipinski definition) is 1. The molecule has 0 amide bonds. The maximum atomic E-state index is 12.9. The molecule has 2 aromatic carbocycles. The summed E-state index contributed by atoms with van der Waals surface area (Å²) in [4.78, 5) is 11.8. The zero-order valence-corrected chi connectivity index (χ0v) is 11.5. The summed E-state index contributed by atoms with van der Waals surface area (Å²) in [5.41, 5.74) is 2.19. The second-order valence-electron chi connectivity index (χ2n) is 5.18. The average molecular weight is 291 g/mol. The van der Waals surface area contributed by atoms with Gasteiger partial charge in [0.25, 0.3) is 0 Å². The average Bonchev–Trinajstić information content (AvgIpc) is 2.69. The maximum absolute atomic E-state index is 12.9. The summed E-state index contributed by atoms with van der Waals surface area (Å²) in [7, 11) is 0. The van der Waals surface area contributed by atoms with Crippen LogP contribution in [-0.2, 0) is 0 Å². The van der Waals surface area contributed by atoms with Crippen LogP contribution in [-0.4, -0.2) is 16.7 Å². The predicted octanol–water partition coefficient (Wildman–Crippen LogP) is 4.61. The summed E-state index contributed by atoms with van der Waals surface area (Å²) in [6.07, 6.45) is -4.91. The van der Waals surface area contributed by atoms with E-state index in [1.165, 1.54) is 0 Å². The number of alkyl halides is 3. The third kappa shape index (κ3) is 2.09. The van der Waals surface area contributed by atoms with E-state index in [2.05, 4.69) is 0 Å². The summed E-state index contributed by atoms with van der Waals surface area (Å²) in [6.45, 7) is 3.57. The number of fused-ring (bicyclic) bond motifs is 3. The first kappa shape index (κ1) is 13.7. The first-order valence-electron chi connectivity index (χ1n) is 6.42. The van der Waals surface area contributed by atoms with E-state index in [0.29, 0.717) is 10.8 Å². The molecule has 0 aliphatic rings. The molecule has 0 aliphatic heterocycles. The fourth-order valence-corrected chi connectivity index (χ4v) is 2.58. The Morgan fingerprint density at radius 3 is 1.71 bits per heavy atom. The van der Waals surface area contributed by atoms with Crippen LogP contribution in [0.1, 0.15) is 15.9 Å². The first-order valence-corrected chi connectivity index (χ1v) is 6.42. The molecular weight excluding hydrogens is 279 g/mol. The van der Waals surface area contributed by atoms with Crippen molar-refractivity contribution in [3.63, 3.8) is 0 Å². The molecule has 3 rings (SSSR count). The Morgan fingerprint density at radius 1 is 0.905 bits per heavy atom. The van der Waals surface area contributed by atoms with Crippen LogP contribution in [0.3, 0.4) is 0 Å². The van der Waals surface area contributed by atoms with Crippen LogP contribution in [0, 0.1) is 13.8 Å². The molecule has 0 fully saturated rings. The van der Waals surface area contributed by atoms with E-state index in [1.54, 1.807) is 38.1 Å². The third-order valence-corrected chi connectivity index (χ3v) is 3.52. The zero-order chi connectivity index (χ0) is 15.4. The van der Waals surface area contributed by atoms with Crippen molar-refractivity contribution in [1.29, 1.82) is 0 Å². The fourth-order valence-electron chi connectivity index (χ4n) is 2.58. The smallest absolute Gasteiger partial charge is 0.272 e. The zero-order valence-electron chi connectivity index (χ0n) is 11.5. The summed E-state index contributed by atoms with van der Waals surface area (Å²) >= 11 is 0. The van der Waals surface area contributed by atoms with Gasteiger partial charge in [-0.3, -0.25) is 9.36 Å². The Bertz CT molecular complexity index is 815. The van der Waals surface area contributed by atoms with Crippen molar-refractivity contribution in [1.82, 2.24) is 4.57 Å². The SMILES string of the molecule is Cc1ccc2c3ccc(C)cc3n(C(=O)C(F)(F)F)c2c1. The highest BCUT2D eigenvalue weighted by molar-refractivity contribution is 6.14. The lowest BCUT2D eigenvalue weighted by molar-refractivity contribution is -0.0939. The molecule has 108 valence electrons. The van der Waals surface area contributed by atoms with Gasteiger partial charge in [0.05, 0.1) is 11.0 Å². The predicted molar refractivity (Wildman–Crippen MR) is 75.6 cm³/mol. The van der Waals surface area contributed by atoms with Gasteiger partial charge in [0.1, 0.15) is 0 Å². The Kier molecular flexibility index (Phi) is 2.83. The molecule has 0 N–H and O–H groups in total. The lowest BCUT2D eigenvalue weighted by atomic mass is 10.1. The van der Waals surface area contributed by atoms with Crippen LogP contribution in [0.15, 0.2) is 36.4 Å².